The predicted molar refractivity (Wildman–Crippen MR) is 65.8 cm³/mol. The van der Waals surface area contributed by atoms with E-state index in [1.54, 1.807) is 0 Å². The molecule has 0 atom stereocenters. The zero-order chi connectivity index (χ0) is 13.2. The molecule has 7 heteroatoms. The summed E-state index contributed by atoms with van der Waals surface area (Å²) in [5.41, 5.74) is 1.66. The molecular weight excluding hydrogens is 246 g/mol. The number of rotatable bonds is 2. The van der Waals surface area contributed by atoms with Gasteiger partial charge in [0.15, 0.2) is 11.5 Å². The molecule has 0 aliphatic rings. The number of hydrogen-bond donors (Lipinski definition) is 0. The van der Waals surface area contributed by atoms with Crippen LogP contribution in [0.4, 0.5) is 0 Å². The lowest BCUT2D eigenvalue weighted by molar-refractivity contribution is 0.0593. The highest BCUT2D eigenvalue weighted by atomic mass is 16.5. The molecule has 2 heterocycles. The number of ether oxygens (including phenoxy) is 1. The summed E-state index contributed by atoms with van der Waals surface area (Å²) < 4.78 is 6.13. The van der Waals surface area contributed by atoms with Crippen LogP contribution in [-0.4, -0.2) is 38.0 Å². The molecule has 19 heavy (non-hydrogen) atoms. The van der Waals surface area contributed by atoms with E-state index in [0.717, 1.165) is 11.0 Å². The number of fused-ring (bicyclic) bond motifs is 1. The van der Waals surface area contributed by atoms with Gasteiger partial charge < -0.3 is 4.74 Å². The Balaban J connectivity index is 2.14. The molecule has 0 aliphatic carbocycles. The van der Waals surface area contributed by atoms with E-state index in [1.807, 2.05) is 24.3 Å². The van der Waals surface area contributed by atoms with Gasteiger partial charge in [-0.05, 0) is 12.1 Å². The van der Waals surface area contributed by atoms with E-state index in [9.17, 15) is 4.79 Å². The van der Waals surface area contributed by atoms with Gasteiger partial charge in [0.25, 0.3) is 0 Å². The monoisotopic (exact) mass is 255 g/mol. The molecule has 0 amide bonds. The Labute approximate surface area is 107 Å². The van der Waals surface area contributed by atoms with Crippen molar-refractivity contribution in [3.8, 4) is 5.82 Å². The van der Waals surface area contributed by atoms with E-state index in [4.69, 9.17) is 0 Å². The standard InChI is InChI=1S/C12H9N5O2/c1-19-12(18)9-6-13-7-11(14-9)17-10-5-3-2-4-8(10)15-16-17/h2-7H,1H3. The zero-order valence-electron chi connectivity index (χ0n) is 10.0. The van der Waals surface area contributed by atoms with Crippen LogP contribution in [-0.2, 0) is 4.74 Å². The molecule has 0 spiro atoms. The van der Waals surface area contributed by atoms with Crippen molar-refractivity contribution >= 4 is 17.0 Å². The van der Waals surface area contributed by atoms with Crippen molar-refractivity contribution < 1.29 is 9.53 Å². The molecule has 0 bridgehead atoms. The quantitative estimate of drug-likeness (QED) is 0.635. The number of para-hydroxylation sites is 1. The maximum atomic E-state index is 11.4. The van der Waals surface area contributed by atoms with Crippen LogP contribution < -0.4 is 0 Å². The lowest BCUT2D eigenvalue weighted by Gasteiger charge is -2.02. The van der Waals surface area contributed by atoms with Crippen LogP contribution in [0.1, 0.15) is 10.5 Å². The molecule has 0 saturated heterocycles. The number of nitrogens with zero attached hydrogens (tertiary/aromatic N) is 5. The summed E-state index contributed by atoms with van der Waals surface area (Å²) in [4.78, 5) is 19.6. The van der Waals surface area contributed by atoms with Gasteiger partial charge in [0.05, 0.1) is 25.0 Å². The minimum absolute atomic E-state index is 0.125. The van der Waals surface area contributed by atoms with Gasteiger partial charge in [-0.3, -0.25) is 4.98 Å². The van der Waals surface area contributed by atoms with E-state index in [2.05, 4.69) is 25.0 Å². The van der Waals surface area contributed by atoms with Crippen LogP contribution in [0.2, 0.25) is 0 Å². The normalized spacial score (nSPS) is 10.6. The first-order valence-electron chi connectivity index (χ1n) is 5.51. The van der Waals surface area contributed by atoms with Crippen molar-refractivity contribution in [2.45, 2.75) is 0 Å². The van der Waals surface area contributed by atoms with E-state index >= 15 is 0 Å². The third-order valence-electron chi connectivity index (χ3n) is 2.59. The fourth-order valence-electron chi connectivity index (χ4n) is 1.70. The van der Waals surface area contributed by atoms with Crippen molar-refractivity contribution in [3.05, 3.63) is 42.4 Å². The number of benzene rings is 1. The number of carbonyl (C=O) groups excluding carboxylic acids is 1. The Hall–Kier alpha value is -2.83. The van der Waals surface area contributed by atoms with Crippen molar-refractivity contribution in [1.29, 1.82) is 0 Å². The van der Waals surface area contributed by atoms with Gasteiger partial charge in [0.2, 0.25) is 0 Å². The first-order chi connectivity index (χ1) is 9.29. The van der Waals surface area contributed by atoms with Gasteiger partial charge in [0, 0.05) is 0 Å². The van der Waals surface area contributed by atoms with Crippen molar-refractivity contribution in [2.24, 2.45) is 0 Å². The molecule has 0 fully saturated rings. The second-order valence-corrected chi connectivity index (χ2v) is 3.74. The number of aromatic nitrogens is 5. The van der Waals surface area contributed by atoms with Crippen molar-refractivity contribution in [2.75, 3.05) is 7.11 Å². The van der Waals surface area contributed by atoms with Crippen LogP contribution in [0.3, 0.4) is 0 Å². The highest BCUT2D eigenvalue weighted by Gasteiger charge is 2.12. The Morgan fingerprint density at radius 2 is 2.11 bits per heavy atom. The highest BCUT2D eigenvalue weighted by Crippen LogP contribution is 2.13. The minimum atomic E-state index is -0.543. The number of carbonyl (C=O) groups is 1. The van der Waals surface area contributed by atoms with Gasteiger partial charge in [0.1, 0.15) is 5.52 Å². The molecule has 0 saturated carbocycles. The summed E-state index contributed by atoms with van der Waals surface area (Å²) in [6, 6.07) is 7.45. The lowest BCUT2D eigenvalue weighted by atomic mass is 10.3. The summed E-state index contributed by atoms with van der Waals surface area (Å²) in [6.45, 7) is 0. The van der Waals surface area contributed by atoms with Crippen LogP contribution in [0, 0.1) is 0 Å². The molecule has 3 aromatic rings. The fourth-order valence-corrected chi connectivity index (χ4v) is 1.70. The number of esters is 1. The van der Waals surface area contributed by atoms with Gasteiger partial charge in [-0.15, -0.1) is 5.10 Å². The van der Waals surface area contributed by atoms with Gasteiger partial charge >= 0.3 is 5.97 Å². The Morgan fingerprint density at radius 3 is 2.95 bits per heavy atom. The zero-order valence-corrected chi connectivity index (χ0v) is 10.0. The summed E-state index contributed by atoms with van der Waals surface area (Å²) in [5.74, 6) is -0.129. The van der Waals surface area contributed by atoms with Crippen LogP contribution in [0.5, 0.6) is 0 Å². The average Bonchev–Trinajstić information content (AvgIpc) is 2.90. The van der Waals surface area contributed by atoms with Gasteiger partial charge in [-0.2, -0.15) is 4.68 Å². The molecule has 3 rings (SSSR count). The predicted octanol–water partition coefficient (Wildman–Crippen LogP) is 0.997. The highest BCUT2D eigenvalue weighted by molar-refractivity contribution is 5.87. The SMILES string of the molecule is COC(=O)c1cncc(-n2nnc3ccccc32)n1. The Morgan fingerprint density at radius 1 is 1.26 bits per heavy atom. The maximum absolute atomic E-state index is 11.4. The van der Waals surface area contributed by atoms with E-state index in [0.29, 0.717) is 5.82 Å². The van der Waals surface area contributed by atoms with Gasteiger partial charge in [-0.25, -0.2) is 9.78 Å². The van der Waals surface area contributed by atoms with Gasteiger partial charge in [-0.1, -0.05) is 17.3 Å². The summed E-state index contributed by atoms with van der Waals surface area (Å²) >= 11 is 0. The van der Waals surface area contributed by atoms with Crippen LogP contribution >= 0.6 is 0 Å². The summed E-state index contributed by atoms with van der Waals surface area (Å²) in [6.07, 6.45) is 2.85. The molecule has 7 nitrogen and oxygen atoms in total. The smallest absolute Gasteiger partial charge is 0.358 e. The van der Waals surface area contributed by atoms with E-state index < -0.39 is 5.97 Å². The third-order valence-corrected chi connectivity index (χ3v) is 2.59. The molecule has 0 unspecified atom stereocenters. The molecule has 0 aliphatic heterocycles. The minimum Gasteiger partial charge on any atom is -0.464 e. The second-order valence-electron chi connectivity index (χ2n) is 3.74. The van der Waals surface area contributed by atoms with Crippen LogP contribution in [0.15, 0.2) is 36.7 Å². The average molecular weight is 255 g/mol. The van der Waals surface area contributed by atoms with Crippen LogP contribution in [0.25, 0.3) is 16.9 Å². The Bertz CT molecular complexity index is 752. The first-order valence-corrected chi connectivity index (χ1v) is 5.51. The number of methoxy groups -OCH3 is 1. The molecule has 2 aromatic heterocycles. The van der Waals surface area contributed by atoms with E-state index in [1.165, 1.54) is 24.2 Å². The van der Waals surface area contributed by atoms with Crippen molar-refractivity contribution in [1.82, 2.24) is 25.0 Å². The first kappa shape index (κ1) is 11.3. The fraction of sp³-hybridized carbons (Fsp3) is 0.0833. The lowest BCUT2D eigenvalue weighted by Crippen LogP contribution is -2.09. The Kier molecular flexibility index (Phi) is 2.64. The second kappa shape index (κ2) is 4.45. The molecule has 1 aromatic carbocycles. The summed E-state index contributed by atoms with van der Waals surface area (Å²) in [5, 5.41) is 8.02. The third kappa shape index (κ3) is 1.90. The van der Waals surface area contributed by atoms with E-state index in [-0.39, 0.29) is 5.69 Å². The molecule has 0 N–H and O–H groups in total. The molecular formula is C12H9N5O2. The number of hydrogen-bond acceptors (Lipinski definition) is 6. The summed E-state index contributed by atoms with van der Waals surface area (Å²) in [7, 11) is 1.29. The largest absolute Gasteiger partial charge is 0.464 e. The molecule has 0 radical (unpaired) electrons. The topological polar surface area (TPSA) is 82.8 Å². The molecule has 94 valence electrons. The van der Waals surface area contributed by atoms with Crippen molar-refractivity contribution in [3.63, 3.8) is 0 Å². The maximum Gasteiger partial charge on any atom is 0.358 e.